The first kappa shape index (κ1) is 14.5. The van der Waals surface area contributed by atoms with Gasteiger partial charge >= 0.3 is 0 Å². The Morgan fingerprint density at radius 1 is 1.21 bits per heavy atom. The summed E-state index contributed by atoms with van der Waals surface area (Å²) in [4.78, 5) is 14.3. The molecule has 1 aliphatic heterocycles. The molecule has 0 saturated carbocycles. The van der Waals surface area contributed by atoms with Crippen molar-refractivity contribution in [2.45, 2.75) is 19.6 Å². The third kappa shape index (κ3) is 2.76. The minimum absolute atomic E-state index is 0.0470. The first-order valence-electron chi connectivity index (χ1n) is 7.83. The first-order chi connectivity index (χ1) is 11.8. The molecule has 2 N–H and O–H groups in total. The van der Waals surface area contributed by atoms with E-state index in [1.54, 1.807) is 17.2 Å². The second-order valence-electron chi connectivity index (χ2n) is 5.68. The number of hydrogen-bond donors (Lipinski definition) is 2. The van der Waals surface area contributed by atoms with Crippen LogP contribution in [-0.2, 0) is 19.6 Å². The van der Waals surface area contributed by atoms with Crippen LogP contribution in [0.3, 0.4) is 0 Å². The molecule has 7 heteroatoms. The number of hydrogen-bond acceptors (Lipinski definition) is 4. The Hall–Kier alpha value is -3.09. The van der Waals surface area contributed by atoms with E-state index in [1.807, 2.05) is 30.3 Å². The van der Waals surface area contributed by atoms with Gasteiger partial charge in [-0.3, -0.25) is 15.0 Å². The van der Waals surface area contributed by atoms with Gasteiger partial charge in [-0.25, -0.2) is 0 Å². The summed E-state index contributed by atoms with van der Waals surface area (Å²) in [5.41, 5.74) is 3.47. The summed E-state index contributed by atoms with van der Waals surface area (Å²) in [7, 11) is 0. The molecule has 1 aromatic carbocycles. The van der Waals surface area contributed by atoms with Gasteiger partial charge in [0, 0.05) is 37.0 Å². The zero-order chi connectivity index (χ0) is 16.4. The fourth-order valence-electron chi connectivity index (χ4n) is 2.86. The summed E-state index contributed by atoms with van der Waals surface area (Å²) in [6.07, 6.45) is 2.34. The van der Waals surface area contributed by atoms with Crippen molar-refractivity contribution in [2.24, 2.45) is 0 Å². The number of nitrogens with zero attached hydrogens (tertiary/aromatic N) is 3. The van der Waals surface area contributed by atoms with Crippen LogP contribution in [0.25, 0.3) is 0 Å². The third-order valence-corrected chi connectivity index (χ3v) is 4.16. The topological polar surface area (TPSA) is 86.9 Å². The summed E-state index contributed by atoms with van der Waals surface area (Å²) < 4.78 is 5.78. The number of amides is 1. The fourth-order valence-corrected chi connectivity index (χ4v) is 2.86. The molecule has 0 radical (unpaired) electrons. The van der Waals surface area contributed by atoms with E-state index in [1.165, 1.54) is 0 Å². The maximum absolute atomic E-state index is 12.5. The maximum atomic E-state index is 12.5. The number of rotatable bonds is 4. The summed E-state index contributed by atoms with van der Waals surface area (Å²) in [5.74, 6) is 0.754. The SMILES string of the molecule is O=C(c1ccn[nH]1)N1CCc2[nH]nc(COc3ccccc3)c2C1. The van der Waals surface area contributed by atoms with Crippen LogP contribution in [0.1, 0.15) is 27.4 Å². The van der Waals surface area contributed by atoms with Crippen LogP contribution >= 0.6 is 0 Å². The molecule has 3 aromatic rings. The second kappa shape index (κ2) is 6.19. The Kier molecular flexibility index (Phi) is 3.74. The van der Waals surface area contributed by atoms with E-state index >= 15 is 0 Å². The van der Waals surface area contributed by atoms with Crippen molar-refractivity contribution in [3.8, 4) is 5.75 Å². The van der Waals surface area contributed by atoms with E-state index in [-0.39, 0.29) is 5.91 Å². The number of carbonyl (C=O) groups excluding carboxylic acids is 1. The molecule has 0 bridgehead atoms. The molecule has 1 aliphatic rings. The predicted molar refractivity (Wildman–Crippen MR) is 86.4 cm³/mol. The van der Waals surface area contributed by atoms with Crippen LogP contribution in [0.15, 0.2) is 42.6 Å². The standard InChI is InChI=1S/C17H17N5O2/c23-17(15-6-8-18-19-15)22-9-7-14-13(10-22)16(21-20-14)11-24-12-4-2-1-3-5-12/h1-6,8H,7,9-11H2,(H,18,19)(H,20,21). The Morgan fingerprint density at radius 2 is 2.08 bits per heavy atom. The fraction of sp³-hybridized carbons (Fsp3) is 0.235. The van der Waals surface area contributed by atoms with Crippen LogP contribution in [0, 0.1) is 0 Å². The third-order valence-electron chi connectivity index (χ3n) is 4.16. The molecular weight excluding hydrogens is 306 g/mol. The lowest BCUT2D eigenvalue weighted by atomic mass is 10.1. The van der Waals surface area contributed by atoms with E-state index < -0.39 is 0 Å². The van der Waals surface area contributed by atoms with Crippen molar-refractivity contribution >= 4 is 5.91 Å². The Labute approximate surface area is 138 Å². The molecule has 7 nitrogen and oxygen atoms in total. The molecule has 0 spiro atoms. The van der Waals surface area contributed by atoms with Gasteiger partial charge in [-0.15, -0.1) is 0 Å². The lowest BCUT2D eigenvalue weighted by Crippen LogP contribution is -2.36. The van der Waals surface area contributed by atoms with Gasteiger partial charge in [-0.2, -0.15) is 10.2 Å². The van der Waals surface area contributed by atoms with Crippen LogP contribution in [0.4, 0.5) is 0 Å². The molecule has 0 saturated heterocycles. The van der Waals surface area contributed by atoms with Crippen molar-refractivity contribution in [2.75, 3.05) is 6.54 Å². The second-order valence-corrected chi connectivity index (χ2v) is 5.68. The number of para-hydroxylation sites is 1. The Morgan fingerprint density at radius 3 is 2.88 bits per heavy atom. The number of H-pyrrole nitrogens is 2. The molecule has 0 atom stereocenters. The van der Waals surface area contributed by atoms with Crippen molar-refractivity contribution in [1.29, 1.82) is 0 Å². The Bertz CT molecular complexity index is 826. The number of benzene rings is 1. The van der Waals surface area contributed by atoms with Gasteiger partial charge < -0.3 is 9.64 Å². The van der Waals surface area contributed by atoms with Gasteiger partial charge in [-0.1, -0.05) is 18.2 Å². The summed E-state index contributed by atoms with van der Waals surface area (Å²) in [6, 6.07) is 11.3. The summed E-state index contributed by atoms with van der Waals surface area (Å²) in [6.45, 7) is 1.56. The van der Waals surface area contributed by atoms with Crippen LogP contribution in [0.2, 0.25) is 0 Å². The van der Waals surface area contributed by atoms with Crippen molar-refractivity contribution in [3.05, 3.63) is 65.2 Å². The molecule has 0 fully saturated rings. The minimum atomic E-state index is -0.0470. The number of carbonyl (C=O) groups is 1. The van der Waals surface area contributed by atoms with Gasteiger partial charge in [0.1, 0.15) is 23.7 Å². The van der Waals surface area contributed by atoms with Crippen molar-refractivity contribution in [1.82, 2.24) is 25.3 Å². The zero-order valence-corrected chi connectivity index (χ0v) is 13.0. The molecule has 1 amide bonds. The van der Waals surface area contributed by atoms with E-state index in [0.717, 1.165) is 29.1 Å². The van der Waals surface area contributed by atoms with Gasteiger partial charge in [0.25, 0.3) is 5.91 Å². The van der Waals surface area contributed by atoms with Gasteiger partial charge in [0.15, 0.2) is 0 Å². The molecule has 2 aromatic heterocycles. The number of fused-ring (bicyclic) bond motifs is 1. The lowest BCUT2D eigenvalue weighted by Gasteiger charge is -2.26. The summed E-state index contributed by atoms with van der Waals surface area (Å²) in [5, 5.41) is 14.0. The monoisotopic (exact) mass is 323 g/mol. The minimum Gasteiger partial charge on any atom is -0.487 e. The molecule has 24 heavy (non-hydrogen) atoms. The lowest BCUT2D eigenvalue weighted by molar-refractivity contribution is 0.0727. The van der Waals surface area contributed by atoms with Gasteiger partial charge in [0.2, 0.25) is 0 Å². The van der Waals surface area contributed by atoms with E-state index in [0.29, 0.717) is 25.4 Å². The molecule has 0 aliphatic carbocycles. The van der Waals surface area contributed by atoms with Crippen molar-refractivity contribution in [3.63, 3.8) is 0 Å². The number of ether oxygens (including phenoxy) is 1. The molecule has 3 heterocycles. The normalized spacial score (nSPS) is 13.6. The Balaban J connectivity index is 1.48. The number of aromatic amines is 2. The molecule has 4 rings (SSSR count). The van der Waals surface area contributed by atoms with E-state index in [4.69, 9.17) is 4.74 Å². The highest BCUT2D eigenvalue weighted by molar-refractivity contribution is 5.92. The highest BCUT2D eigenvalue weighted by Crippen LogP contribution is 2.23. The summed E-state index contributed by atoms with van der Waals surface area (Å²) >= 11 is 0. The van der Waals surface area contributed by atoms with Crippen LogP contribution < -0.4 is 4.74 Å². The highest BCUT2D eigenvalue weighted by Gasteiger charge is 2.26. The number of aromatic nitrogens is 4. The quantitative estimate of drug-likeness (QED) is 0.768. The first-order valence-corrected chi connectivity index (χ1v) is 7.83. The number of nitrogens with one attached hydrogen (secondary N) is 2. The molecule has 0 unspecified atom stereocenters. The highest BCUT2D eigenvalue weighted by atomic mass is 16.5. The largest absolute Gasteiger partial charge is 0.487 e. The van der Waals surface area contributed by atoms with Gasteiger partial charge in [-0.05, 0) is 18.2 Å². The van der Waals surface area contributed by atoms with E-state index in [2.05, 4.69) is 20.4 Å². The smallest absolute Gasteiger partial charge is 0.272 e. The predicted octanol–water partition coefficient (Wildman–Crippen LogP) is 1.91. The maximum Gasteiger partial charge on any atom is 0.272 e. The van der Waals surface area contributed by atoms with E-state index in [9.17, 15) is 4.79 Å². The zero-order valence-electron chi connectivity index (χ0n) is 13.0. The molecule has 122 valence electrons. The average Bonchev–Trinajstić information content (AvgIpc) is 3.30. The van der Waals surface area contributed by atoms with Crippen molar-refractivity contribution < 1.29 is 9.53 Å². The van der Waals surface area contributed by atoms with Crippen LogP contribution in [-0.4, -0.2) is 37.7 Å². The molecular formula is C17H17N5O2. The average molecular weight is 323 g/mol. The van der Waals surface area contributed by atoms with Gasteiger partial charge in [0.05, 0.1) is 0 Å². The van der Waals surface area contributed by atoms with Crippen LogP contribution in [0.5, 0.6) is 5.75 Å².